The summed E-state index contributed by atoms with van der Waals surface area (Å²) in [6.07, 6.45) is 1.72. The number of aromatic hydroxyl groups is 1. The average molecular weight is 339 g/mol. The van der Waals surface area contributed by atoms with Gasteiger partial charge >= 0.3 is 0 Å². The Morgan fingerprint density at radius 1 is 1.38 bits per heavy atom. The molecular weight excluding hydrogens is 318 g/mol. The van der Waals surface area contributed by atoms with E-state index in [2.05, 4.69) is 16.8 Å². The highest BCUT2D eigenvalue weighted by Crippen LogP contribution is 2.37. The molecule has 0 spiro atoms. The first kappa shape index (κ1) is 20.0. The van der Waals surface area contributed by atoms with E-state index in [1.54, 1.807) is 6.08 Å². The minimum Gasteiger partial charge on any atom is -0.504 e. The van der Waals surface area contributed by atoms with Crippen LogP contribution >= 0.6 is 24.8 Å². The molecule has 1 fully saturated rings. The van der Waals surface area contributed by atoms with Crippen LogP contribution in [0.4, 0.5) is 4.39 Å². The third-order valence-electron chi connectivity index (χ3n) is 3.38. The van der Waals surface area contributed by atoms with Gasteiger partial charge in [0.05, 0.1) is 13.2 Å². The van der Waals surface area contributed by atoms with Crippen molar-refractivity contribution >= 4 is 24.8 Å². The molecule has 4 nitrogen and oxygen atoms in total. The van der Waals surface area contributed by atoms with Crippen LogP contribution in [-0.2, 0) is 0 Å². The third kappa shape index (κ3) is 4.48. The van der Waals surface area contributed by atoms with Gasteiger partial charge in [0.15, 0.2) is 11.5 Å². The summed E-state index contributed by atoms with van der Waals surface area (Å²) in [6.45, 7) is 7.20. The van der Waals surface area contributed by atoms with Crippen molar-refractivity contribution < 1.29 is 14.2 Å². The Morgan fingerprint density at radius 3 is 2.52 bits per heavy atom. The molecule has 21 heavy (non-hydrogen) atoms. The lowest BCUT2D eigenvalue weighted by Crippen LogP contribution is -2.44. The molecule has 1 heterocycles. The predicted octanol–water partition coefficient (Wildman–Crippen LogP) is 2.52. The lowest BCUT2D eigenvalue weighted by Gasteiger charge is -2.33. The van der Waals surface area contributed by atoms with Crippen molar-refractivity contribution in [2.75, 3.05) is 33.3 Å². The normalized spacial score (nSPS) is 16.3. The fourth-order valence-corrected chi connectivity index (χ4v) is 2.41. The molecule has 0 aliphatic carbocycles. The predicted molar refractivity (Wildman–Crippen MR) is 86.5 cm³/mol. The lowest BCUT2D eigenvalue weighted by molar-refractivity contribution is 0.200. The molecule has 120 valence electrons. The maximum absolute atomic E-state index is 13.6. The van der Waals surface area contributed by atoms with Crippen LogP contribution in [0.3, 0.4) is 0 Å². The van der Waals surface area contributed by atoms with Gasteiger partial charge in [0.2, 0.25) is 0 Å². The van der Waals surface area contributed by atoms with Crippen molar-refractivity contribution in [1.82, 2.24) is 10.2 Å². The molecule has 1 aromatic rings. The molecule has 2 rings (SSSR count). The number of halogens is 3. The highest BCUT2D eigenvalue weighted by Gasteiger charge is 2.24. The van der Waals surface area contributed by atoms with Crippen molar-refractivity contribution in [2.24, 2.45) is 0 Å². The maximum Gasteiger partial charge on any atom is 0.163 e. The van der Waals surface area contributed by atoms with E-state index in [4.69, 9.17) is 4.74 Å². The largest absolute Gasteiger partial charge is 0.504 e. The molecule has 0 amide bonds. The van der Waals surface area contributed by atoms with Gasteiger partial charge in [-0.2, -0.15) is 0 Å². The van der Waals surface area contributed by atoms with Crippen molar-refractivity contribution in [3.63, 3.8) is 0 Å². The summed E-state index contributed by atoms with van der Waals surface area (Å²) in [7, 11) is 1.41. The molecule has 1 atom stereocenters. The molecule has 1 aliphatic heterocycles. The topological polar surface area (TPSA) is 44.7 Å². The number of hydrogen-bond acceptors (Lipinski definition) is 4. The Kier molecular flexibility index (Phi) is 8.66. The molecule has 1 aromatic carbocycles. The fraction of sp³-hybridized carbons (Fsp3) is 0.429. The SMILES string of the molecule is C=C[C@H](c1cc(F)cc(OC)c1O)N1CCNCC1.Cl.Cl. The molecule has 7 heteroatoms. The summed E-state index contributed by atoms with van der Waals surface area (Å²) in [4.78, 5) is 2.15. The Balaban J connectivity index is 0.00000200. The summed E-state index contributed by atoms with van der Waals surface area (Å²) in [5.41, 5.74) is 0.494. The number of hydrogen-bond donors (Lipinski definition) is 2. The summed E-state index contributed by atoms with van der Waals surface area (Å²) >= 11 is 0. The van der Waals surface area contributed by atoms with Gasteiger partial charge in [-0.3, -0.25) is 4.90 Å². The number of methoxy groups -OCH3 is 1. The first-order valence-electron chi connectivity index (χ1n) is 6.31. The molecule has 0 saturated carbocycles. The summed E-state index contributed by atoms with van der Waals surface area (Å²) < 4.78 is 18.6. The smallest absolute Gasteiger partial charge is 0.163 e. The van der Waals surface area contributed by atoms with Gasteiger partial charge in [-0.1, -0.05) is 6.08 Å². The maximum atomic E-state index is 13.6. The first-order chi connectivity index (χ1) is 9.17. The zero-order chi connectivity index (χ0) is 13.8. The number of phenols is 1. The van der Waals surface area contributed by atoms with E-state index in [9.17, 15) is 9.50 Å². The molecule has 0 unspecified atom stereocenters. The van der Waals surface area contributed by atoms with E-state index in [0.29, 0.717) is 5.56 Å². The Labute approximate surface area is 136 Å². The van der Waals surface area contributed by atoms with Gasteiger partial charge < -0.3 is 15.2 Å². The van der Waals surface area contributed by atoms with E-state index in [1.165, 1.54) is 19.2 Å². The second kappa shape index (κ2) is 9.10. The summed E-state index contributed by atoms with van der Waals surface area (Å²) in [5.74, 6) is -0.295. The molecule has 1 saturated heterocycles. The summed E-state index contributed by atoms with van der Waals surface area (Å²) in [5, 5.41) is 13.4. The van der Waals surface area contributed by atoms with Crippen molar-refractivity contribution in [1.29, 1.82) is 0 Å². The van der Waals surface area contributed by atoms with Crippen LogP contribution in [0, 0.1) is 5.82 Å². The number of phenolic OH excluding ortho intramolecular Hbond substituents is 1. The van der Waals surface area contributed by atoms with E-state index in [0.717, 1.165) is 26.2 Å². The minimum atomic E-state index is -0.424. The van der Waals surface area contributed by atoms with Crippen LogP contribution in [0.25, 0.3) is 0 Å². The van der Waals surface area contributed by atoms with Gasteiger partial charge in [0.25, 0.3) is 0 Å². The number of ether oxygens (including phenoxy) is 1. The Morgan fingerprint density at radius 2 is 2.00 bits per heavy atom. The highest BCUT2D eigenvalue weighted by atomic mass is 35.5. The van der Waals surface area contributed by atoms with Crippen LogP contribution < -0.4 is 10.1 Å². The molecule has 1 aliphatic rings. The molecule has 0 aromatic heterocycles. The van der Waals surface area contributed by atoms with Crippen LogP contribution in [-0.4, -0.2) is 43.3 Å². The second-order valence-corrected chi connectivity index (χ2v) is 4.51. The van der Waals surface area contributed by atoms with E-state index >= 15 is 0 Å². The number of rotatable bonds is 4. The average Bonchev–Trinajstić information content (AvgIpc) is 2.44. The summed E-state index contributed by atoms with van der Waals surface area (Å²) in [6, 6.07) is 2.30. The highest BCUT2D eigenvalue weighted by molar-refractivity contribution is 5.85. The zero-order valence-electron chi connectivity index (χ0n) is 11.8. The molecule has 0 bridgehead atoms. The van der Waals surface area contributed by atoms with Crippen molar-refractivity contribution in [2.45, 2.75) is 6.04 Å². The van der Waals surface area contributed by atoms with Crippen LogP contribution in [0.1, 0.15) is 11.6 Å². The second-order valence-electron chi connectivity index (χ2n) is 4.51. The van der Waals surface area contributed by atoms with E-state index < -0.39 is 5.82 Å². The zero-order valence-corrected chi connectivity index (χ0v) is 13.5. The van der Waals surface area contributed by atoms with Gasteiger partial charge in [-0.25, -0.2) is 4.39 Å². The monoisotopic (exact) mass is 338 g/mol. The van der Waals surface area contributed by atoms with Gasteiger partial charge in [-0.05, 0) is 6.07 Å². The third-order valence-corrected chi connectivity index (χ3v) is 3.38. The molecule has 2 N–H and O–H groups in total. The molecule has 0 radical (unpaired) electrons. The van der Waals surface area contributed by atoms with Crippen molar-refractivity contribution in [3.8, 4) is 11.5 Å². The van der Waals surface area contributed by atoms with Gasteiger partial charge in [0.1, 0.15) is 5.82 Å². The number of nitrogens with zero attached hydrogens (tertiary/aromatic N) is 1. The van der Waals surface area contributed by atoms with Gasteiger partial charge in [-0.15, -0.1) is 31.4 Å². The van der Waals surface area contributed by atoms with Crippen LogP contribution in [0.15, 0.2) is 24.8 Å². The fourth-order valence-electron chi connectivity index (χ4n) is 2.41. The first-order valence-corrected chi connectivity index (χ1v) is 6.31. The Bertz CT molecular complexity index is 469. The van der Waals surface area contributed by atoms with E-state index in [1.807, 2.05) is 0 Å². The number of nitrogens with one attached hydrogen (secondary N) is 1. The number of benzene rings is 1. The number of piperazine rings is 1. The minimum absolute atomic E-state index is 0. The van der Waals surface area contributed by atoms with Crippen LogP contribution in [0.5, 0.6) is 11.5 Å². The standard InChI is InChI=1S/C14H19FN2O2.2ClH/c1-3-12(17-6-4-16-5-7-17)11-8-10(15)9-13(19-2)14(11)18;;/h3,8-9,12,16,18H,1,4-7H2,2H3;2*1H/t12-;;/m1../s1. The lowest BCUT2D eigenvalue weighted by atomic mass is 10.0. The van der Waals surface area contributed by atoms with Crippen LogP contribution in [0.2, 0.25) is 0 Å². The Hall–Kier alpha value is -1.01. The van der Waals surface area contributed by atoms with Gasteiger partial charge in [0, 0.05) is 37.8 Å². The quantitative estimate of drug-likeness (QED) is 0.828. The van der Waals surface area contributed by atoms with Crippen molar-refractivity contribution in [3.05, 3.63) is 36.2 Å². The van der Waals surface area contributed by atoms with E-state index in [-0.39, 0.29) is 42.4 Å². The molecular formula is C14H21Cl2FN2O2.